The average Bonchev–Trinajstić information content (AvgIpc) is 2.28. The van der Waals surface area contributed by atoms with Crippen LogP contribution in [0.15, 0.2) is 12.4 Å². The second-order valence-corrected chi connectivity index (χ2v) is 4.86. The van der Waals surface area contributed by atoms with Gasteiger partial charge in [-0.2, -0.15) is 0 Å². The molecule has 0 aromatic carbocycles. The predicted octanol–water partition coefficient (Wildman–Crippen LogP) is 2.35. The lowest BCUT2D eigenvalue weighted by Crippen LogP contribution is -2.30. The highest BCUT2D eigenvalue weighted by atomic mass is 16.5. The number of nitrogens with zero attached hydrogens (tertiary/aromatic N) is 2. The summed E-state index contributed by atoms with van der Waals surface area (Å²) in [5.74, 6) is 1.80. The molecule has 1 rings (SSSR count). The SMILES string of the molecule is COCC(Nc1cc(OC(C)C)ncn1)C(C)C. The fraction of sp³-hybridized carbons (Fsp3) is 0.692. The van der Waals surface area contributed by atoms with E-state index in [0.29, 0.717) is 18.4 Å². The predicted molar refractivity (Wildman–Crippen MR) is 71.9 cm³/mol. The Morgan fingerprint density at radius 1 is 1.22 bits per heavy atom. The third-order valence-electron chi connectivity index (χ3n) is 2.48. The van der Waals surface area contributed by atoms with Crippen molar-refractivity contribution in [2.75, 3.05) is 19.0 Å². The molecule has 5 heteroatoms. The van der Waals surface area contributed by atoms with Crippen LogP contribution in [0.4, 0.5) is 5.82 Å². The lowest BCUT2D eigenvalue weighted by Gasteiger charge is -2.22. The highest BCUT2D eigenvalue weighted by Gasteiger charge is 2.14. The molecule has 0 saturated heterocycles. The molecule has 1 atom stereocenters. The molecule has 1 unspecified atom stereocenters. The van der Waals surface area contributed by atoms with Crippen LogP contribution in [0.25, 0.3) is 0 Å². The van der Waals surface area contributed by atoms with Gasteiger partial charge in [-0.05, 0) is 19.8 Å². The minimum atomic E-state index is 0.104. The number of nitrogens with one attached hydrogen (secondary N) is 1. The fourth-order valence-corrected chi connectivity index (χ4v) is 1.49. The molecule has 0 spiro atoms. The minimum Gasteiger partial charge on any atom is -0.475 e. The third-order valence-corrected chi connectivity index (χ3v) is 2.48. The smallest absolute Gasteiger partial charge is 0.218 e. The Kier molecular flexibility index (Phi) is 5.85. The van der Waals surface area contributed by atoms with E-state index in [2.05, 4.69) is 29.1 Å². The maximum atomic E-state index is 5.53. The minimum absolute atomic E-state index is 0.104. The molecule has 0 bridgehead atoms. The van der Waals surface area contributed by atoms with Gasteiger partial charge in [0.25, 0.3) is 0 Å². The number of ether oxygens (including phenoxy) is 2. The van der Waals surface area contributed by atoms with Crippen molar-refractivity contribution in [2.45, 2.75) is 39.8 Å². The van der Waals surface area contributed by atoms with E-state index < -0.39 is 0 Å². The monoisotopic (exact) mass is 253 g/mol. The first-order valence-electron chi connectivity index (χ1n) is 6.27. The van der Waals surface area contributed by atoms with Crippen LogP contribution in [0.3, 0.4) is 0 Å². The van der Waals surface area contributed by atoms with Gasteiger partial charge in [-0.3, -0.25) is 0 Å². The molecule has 0 aliphatic rings. The third kappa shape index (κ3) is 4.87. The maximum absolute atomic E-state index is 5.53. The Bertz CT molecular complexity index is 356. The number of rotatable bonds is 7. The van der Waals surface area contributed by atoms with Gasteiger partial charge < -0.3 is 14.8 Å². The molecule has 0 aliphatic carbocycles. The van der Waals surface area contributed by atoms with E-state index in [1.54, 1.807) is 7.11 Å². The molecule has 1 aromatic rings. The van der Waals surface area contributed by atoms with Crippen LogP contribution in [0.1, 0.15) is 27.7 Å². The Morgan fingerprint density at radius 2 is 1.94 bits per heavy atom. The molecule has 0 fully saturated rings. The van der Waals surface area contributed by atoms with Crippen molar-refractivity contribution in [3.05, 3.63) is 12.4 Å². The van der Waals surface area contributed by atoms with Crippen LogP contribution < -0.4 is 10.1 Å². The van der Waals surface area contributed by atoms with Crippen LogP contribution in [0.2, 0.25) is 0 Å². The van der Waals surface area contributed by atoms with Crippen LogP contribution in [-0.4, -0.2) is 35.8 Å². The van der Waals surface area contributed by atoms with E-state index in [9.17, 15) is 0 Å². The molecular formula is C13H23N3O2. The van der Waals surface area contributed by atoms with E-state index in [1.807, 2.05) is 19.9 Å². The summed E-state index contributed by atoms with van der Waals surface area (Å²) in [7, 11) is 1.70. The Labute approximate surface area is 109 Å². The van der Waals surface area contributed by atoms with Gasteiger partial charge in [0, 0.05) is 13.2 Å². The summed E-state index contributed by atoms with van der Waals surface area (Å²) >= 11 is 0. The molecule has 1 aromatic heterocycles. The van der Waals surface area contributed by atoms with Gasteiger partial charge in [-0.1, -0.05) is 13.8 Å². The van der Waals surface area contributed by atoms with Crippen LogP contribution in [0, 0.1) is 5.92 Å². The van der Waals surface area contributed by atoms with Crippen molar-refractivity contribution in [3.63, 3.8) is 0 Å². The van der Waals surface area contributed by atoms with Crippen LogP contribution >= 0.6 is 0 Å². The van der Waals surface area contributed by atoms with Gasteiger partial charge >= 0.3 is 0 Å². The first-order valence-corrected chi connectivity index (χ1v) is 6.27. The highest BCUT2D eigenvalue weighted by Crippen LogP contribution is 2.15. The summed E-state index contributed by atoms with van der Waals surface area (Å²) in [5, 5.41) is 3.34. The van der Waals surface area contributed by atoms with E-state index in [-0.39, 0.29) is 12.1 Å². The first-order chi connectivity index (χ1) is 8.52. The van der Waals surface area contributed by atoms with E-state index in [0.717, 1.165) is 5.82 Å². The summed E-state index contributed by atoms with van der Waals surface area (Å²) in [6.45, 7) is 8.86. The zero-order chi connectivity index (χ0) is 13.5. The van der Waals surface area contributed by atoms with E-state index >= 15 is 0 Å². The van der Waals surface area contributed by atoms with Crippen molar-refractivity contribution < 1.29 is 9.47 Å². The molecule has 102 valence electrons. The number of aromatic nitrogens is 2. The van der Waals surface area contributed by atoms with Crippen molar-refractivity contribution in [3.8, 4) is 5.88 Å². The Balaban J connectivity index is 2.70. The molecule has 0 aliphatic heterocycles. The summed E-state index contributed by atoms with van der Waals surface area (Å²) in [5.41, 5.74) is 0. The molecule has 5 nitrogen and oxygen atoms in total. The van der Waals surface area contributed by atoms with E-state index in [4.69, 9.17) is 9.47 Å². The number of hydrogen-bond donors (Lipinski definition) is 1. The first kappa shape index (κ1) is 14.7. The second kappa shape index (κ2) is 7.16. The zero-order valence-electron chi connectivity index (χ0n) is 11.8. The van der Waals surface area contributed by atoms with Gasteiger partial charge in [-0.15, -0.1) is 0 Å². The maximum Gasteiger partial charge on any atom is 0.218 e. The number of anilines is 1. The van der Waals surface area contributed by atoms with Crippen molar-refractivity contribution in [1.29, 1.82) is 0 Å². The molecule has 1 N–H and O–H groups in total. The van der Waals surface area contributed by atoms with Gasteiger partial charge in [0.1, 0.15) is 12.1 Å². The quantitative estimate of drug-likeness (QED) is 0.808. The molecule has 18 heavy (non-hydrogen) atoms. The number of hydrogen-bond acceptors (Lipinski definition) is 5. The molecule has 0 amide bonds. The molecule has 0 radical (unpaired) electrons. The summed E-state index contributed by atoms with van der Waals surface area (Å²) in [6, 6.07) is 2.03. The van der Waals surface area contributed by atoms with Crippen molar-refractivity contribution in [1.82, 2.24) is 9.97 Å². The zero-order valence-corrected chi connectivity index (χ0v) is 11.8. The number of methoxy groups -OCH3 is 1. The molecule has 1 heterocycles. The van der Waals surface area contributed by atoms with E-state index in [1.165, 1.54) is 6.33 Å². The normalized spacial score (nSPS) is 12.8. The van der Waals surface area contributed by atoms with Crippen molar-refractivity contribution in [2.24, 2.45) is 5.92 Å². The molecular weight excluding hydrogens is 230 g/mol. The van der Waals surface area contributed by atoms with Gasteiger partial charge in [0.15, 0.2) is 0 Å². The average molecular weight is 253 g/mol. The topological polar surface area (TPSA) is 56.3 Å². The van der Waals surface area contributed by atoms with Crippen molar-refractivity contribution >= 4 is 5.82 Å². The highest BCUT2D eigenvalue weighted by molar-refractivity contribution is 5.38. The Hall–Kier alpha value is -1.36. The fourth-order valence-electron chi connectivity index (χ4n) is 1.49. The molecule has 0 saturated carbocycles. The largest absolute Gasteiger partial charge is 0.475 e. The van der Waals surface area contributed by atoms with Gasteiger partial charge in [0.2, 0.25) is 5.88 Å². The second-order valence-electron chi connectivity index (χ2n) is 4.86. The standard InChI is InChI=1S/C13H23N3O2/c1-9(2)11(7-17-5)16-12-6-13(15-8-14-12)18-10(3)4/h6,8-11H,7H2,1-5H3,(H,14,15,16). The lowest BCUT2D eigenvalue weighted by atomic mass is 10.1. The van der Waals surface area contributed by atoms with Gasteiger partial charge in [0.05, 0.1) is 18.8 Å². The lowest BCUT2D eigenvalue weighted by molar-refractivity contribution is 0.171. The van der Waals surface area contributed by atoms with Gasteiger partial charge in [-0.25, -0.2) is 9.97 Å². The van der Waals surface area contributed by atoms with Crippen LogP contribution in [-0.2, 0) is 4.74 Å². The summed E-state index contributed by atoms with van der Waals surface area (Å²) in [4.78, 5) is 8.27. The Morgan fingerprint density at radius 3 is 2.50 bits per heavy atom. The van der Waals surface area contributed by atoms with Crippen LogP contribution in [0.5, 0.6) is 5.88 Å². The summed E-state index contributed by atoms with van der Waals surface area (Å²) in [6.07, 6.45) is 1.61. The summed E-state index contributed by atoms with van der Waals surface area (Å²) < 4.78 is 10.7.